The van der Waals surface area contributed by atoms with Crippen molar-refractivity contribution in [3.63, 3.8) is 0 Å². The van der Waals surface area contributed by atoms with E-state index in [1.807, 2.05) is 0 Å². The van der Waals surface area contributed by atoms with Crippen LogP contribution in [0.25, 0.3) is 0 Å². The van der Waals surface area contributed by atoms with Gasteiger partial charge in [-0.15, -0.1) is 0 Å². The Morgan fingerprint density at radius 2 is 2.13 bits per heavy atom. The summed E-state index contributed by atoms with van der Waals surface area (Å²) in [5.41, 5.74) is 0. The third kappa shape index (κ3) is 5.08. The molecule has 7 heteroatoms. The van der Waals surface area contributed by atoms with Crippen molar-refractivity contribution in [3.8, 4) is 0 Å². The number of rotatable bonds is 5. The molecule has 0 amide bonds. The lowest BCUT2D eigenvalue weighted by molar-refractivity contribution is 0.600. The van der Waals surface area contributed by atoms with Gasteiger partial charge in [-0.05, 0) is 5.92 Å². The van der Waals surface area contributed by atoms with Crippen LogP contribution >= 0.6 is 11.5 Å². The first kappa shape index (κ1) is 12.4. The summed E-state index contributed by atoms with van der Waals surface area (Å²) in [4.78, 5) is 4.08. The van der Waals surface area contributed by atoms with Crippen molar-refractivity contribution in [3.05, 3.63) is 5.82 Å². The highest BCUT2D eigenvalue weighted by atomic mass is 32.2. The minimum atomic E-state index is -3.04. The fourth-order valence-corrected chi connectivity index (χ4v) is 2.18. The molecule has 0 saturated carbocycles. The van der Waals surface area contributed by atoms with Gasteiger partial charge in [0.05, 0.1) is 0 Å². The highest BCUT2D eigenvalue weighted by Crippen LogP contribution is 2.13. The summed E-state index contributed by atoms with van der Waals surface area (Å²) in [5, 5.41) is 3.78. The maximum Gasteiger partial charge on any atom is 0.202 e. The van der Waals surface area contributed by atoms with E-state index in [4.69, 9.17) is 0 Å². The molecule has 0 atom stereocenters. The van der Waals surface area contributed by atoms with Crippen molar-refractivity contribution >= 4 is 26.5 Å². The second kappa shape index (κ2) is 4.89. The summed E-state index contributed by atoms with van der Waals surface area (Å²) >= 11 is 1.20. The number of aromatic nitrogens is 2. The van der Waals surface area contributed by atoms with Gasteiger partial charge in [0.15, 0.2) is 15.7 Å². The Morgan fingerprint density at radius 1 is 1.47 bits per heavy atom. The second-order valence-corrected chi connectivity index (χ2v) is 6.75. The summed E-state index contributed by atoms with van der Waals surface area (Å²) < 4.78 is 25.9. The minimum Gasteiger partial charge on any atom is -0.360 e. The molecule has 1 heterocycles. The van der Waals surface area contributed by atoms with Crippen molar-refractivity contribution in [1.29, 1.82) is 0 Å². The van der Waals surface area contributed by atoms with Gasteiger partial charge in [-0.1, -0.05) is 13.8 Å². The summed E-state index contributed by atoms with van der Waals surface area (Å²) in [6, 6.07) is 0. The zero-order chi connectivity index (χ0) is 11.5. The molecule has 0 aliphatic heterocycles. The zero-order valence-electron chi connectivity index (χ0n) is 9.02. The zero-order valence-corrected chi connectivity index (χ0v) is 10.7. The molecule has 1 N–H and O–H groups in total. The lowest BCUT2D eigenvalue weighted by Gasteiger charge is -2.03. The minimum absolute atomic E-state index is 0.0904. The van der Waals surface area contributed by atoms with E-state index < -0.39 is 9.84 Å². The first-order chi connectivity index (χ1) is 6.87. The predicted octanol–water partition coefficient (Wildman–Crippen LogP) is 1.15. The summed E-state index contributed by atoms with van der Waals surface area (Å²) in [7, 11) is -3.04. The lowest BCUT2D eigenvalue weighted by atomic mass is 10.2. The third-order valence-corrected chi connectivity index (χ3v) is 3.01. The van der Waals surface area contributed by atoms with Crippen LogP contribution in [-0.4, -0.2) is 30.6 Å². The van der Waals surface area contributed by atoms with Crippen molar-refractivity contribution in [1.82, 2.24) is 9.36 Å². The summed E-state index contributed by atoms with van der Waals surface area (Å²) in [6.07, 6.45) is 1.18. The van der Waals surface area contributed by atoms with E-state index in [0.29, 0.717) is 16.9 Å². The number of nitrogens with one attached hydrogen (secondary N) is 1. The van der Waals surface area contributed by atoms with Gasteiger partial charge in [0, 0.05) is 24.3 Å². The molecule has 0 fully saturated rings. The molecule has 1 rings (SSSR count). The van der Waals surface area contributed by atoms with Crippen molar-refractivity contribution in [2.75, 3.05) is 18.1 Å². The van der Waals surface area contributed by atoms with Crippen LogP contribution in [0.2, 0.25) is 0 Å². The van der Waals surface area contributed by atoms with Gasteiger partial charge in [0.25, 0.3) is 0 Å². The Labute approximate surface area is 94.0 Å². The molecule has 0 saturated heterocycles. The monoisotopic (exact) mass is 249 g/mol. The van der Waals surface area contributed by atoms with Crippen LogP contribution in [0.3, 0.4) is 0 Å². The lowest BCUT2D eigenvalue weighted by Crippen LogP contribution is -2.08. The second-order valence-electron chi connectivity index (χ2n) is 3.86. The third-order valence-electron chi connectivity index (χ3n) is 1.52. The molecule has 0 aromatic carbocycles. The van der Waals surface area contributed by atoms with Crippen LogP contribution in [0.1, 0.15) is 19.7 Å². The molecule has 0 aliphatic rings. The van der Waals surface area contributed by atoms with Crippen LogP contribution in [0, 0.1) is 5.92 Å². The van der Waals surface area contributed by atoms with Crippen LogP contribution in [0.5, 0.6) is 0 Å². The van der Waals surface area contributed by atoms with Crippen LogP contribution < -0.4 is 5.32 Å². The SMILES string of the molecule is CC(C)CNc1nc(CS(C)(=O)=O)ns1. The molecule has 1 aromatic rings. The van der Waals surface area contributed by atoms with Gasteiger partial charge < -0.3 is 5.32 Å². The van der Waals surface area contributed by atoms with E-state index in [9.17, 15) is 8.42 Å². The largest absolute Gasteiger partial charge is 0.360 e. The van der Waals surface area contributed by atoms with E-state index in [1.165, 1.54) is 17.8 Å². The van der Waals surface area contributed by atoms with Gasteiger partial charge in [0.2, 0.25) is 5.13 Å². The maximum atomic E-state index is 11.0. The Kier molecular flexibility index (Phi) is 4.04. The molecule has 0 aliphatic carbocycles. The predicted molar refractivity (Wildman–Crippen MR) is 61.8 cm³/mol. The molecule has 0 unspecified atom stereocenters. The van der Waals surface area contributed by atoms with E-state index >= 15 is 0 Å². The fourth-order valence-electron chi connectivity index (χ4n) is 0.910. The first-order valence-electron chi connectivity index (χ1n) is 4.61. The van der Waals surface area contributed by atoms with Crippen molar-refractivity contribution < 1.29 is 8.42 Å². The topological polar surface area (TPSA) is 72.0 Å². The fraction of sp³-hybridized carbons (Fsp3) is 0.750. The molecule has 86 valence electrons. The molecule has 15 heavy (non-hydrogen) atoms. The smallest absolute Gasteiger partial charge is 0.202 e. The van der Waals surface area contributed by atoms with Crippen molar-refractivity contribution in [2.24, 2.45) is 5.92 Å². The van der Waals surface area contributed by atoms with Gasteiger partial charge >= 0.3 is 0 Å². The van der Waals surface area contributed by atoms with Gasteiger partial charge in [-0.3, -0.25) is 0 Å². The Bertz CT molecular complexity index is 411. The Hall–Kier alpha value is -0.690. The first-order valence-corrected chi connectivity index (χ1v) is 7.44. The van der Waals surface area contributed by atoms with E-state index in [-0.39, 0.29) is 5.75 Å². The molecular formula is C8H15N3O2S2. The normalized spacial score (nSPS) is 12.0. The standard InChI is InChI=1S/C8H15N3O2S2/c1-6(2)4-9-8-10-7(11-14-8)5-15(3,12)13/h6H,4-5H2,1-3H3,(H,9,10,11). The summed E-state index contributed by atoms with van der Waals surface area (Å²) in [5.74, 6) is 0.799. The average Bonchev–Trinajstić information content (AvgIpc) is 2.45. The highest BCUT2D eigenvalue weighted by molar-refractivity contribution is 7.89. The van der Waals surface area contributed by atoms with Crippen LogP contribution in [0.4, 0.5) is 5.13 Å². The quantitative estimate of drug-likeness (QED) is 0.847. The number of hydrogen-bond acceptors (Lipinski definition) is 6. The number of sulfone groups is 1. The molecule has 0 spiro atoms. The average molecular weight is 249 g/mol. The van der Waals surface area contributed by atoms with E-state index in [2.05, 4.69) is 28.5 Å². The molecule has 5 nitrogen and oxygen atoms in total. The Morgan fingerprint density at radius 3 is 2.67 bits per heavy atom. The van der Waals surface area contributed by atoms with Gasteiger partial charge in [-0.2, -0.15) is 4.37 Å². The molecule has 1 aromatic heterocycles. The van der Waals surface area contributed by atoms with E-state index in [1.54, 1.807) is 0 Å². The van der Waals surface area contributed by atoms with Crippen LogP contribution in [-0.2, 0) is 15.6 Å². The number of hydrogen-bond donors (Lipinski definition) is 1. The van der Waals surface area contributed by atoms with Gasteiger partial charge in [-0.25, -0.2) is 13.4 Å². The van der Waals surface area contributed by atoms with Gasteiger partial charge in [0.1, 0.15) is 5.75 Å². The molecule has 0 bridgehead atoms. The van der Waals surface area contributed by atoms with Crippen molar-refractivity contribution in [2.45, 2.75) is 19.6 Å². The Balaban J connectivity index is 2.57. The number of nitrogens with zero attached hydrogens (tertiary/aromatic N) is 2. The van der Waals surface area contributed by atoms with Crippen LogP contribution in [0.15, 0.2) is 0 Å². The number of anilines is 1. The maximum absolute atomic E-state index is 11.0. The molecule has 0 radical (unpaired) electrons. The highest BCUT2D eigenvalue weighted by Gasteiger charge is 2.10. The van der Waals surface area contributed by atoms with E-state index in [0.717, 1.165) is 6.54 Å². The summed E-state index contributed by atoms with van der Waals surface area (Å²) in [6.45, 7) is 4.99. The molecular weight excluding hydrogens is 234 g/mol.